The van der Waals surface area contributed by atoms with Crippen LogP contribution in [0, 0.1) is 0 Å². The number of rotatable bonds is 8. The Morgan fingerprint density at radius 2 is 1.64 bits per heavy atom. The number of methoxy groups -OCH3 is 1. The summed E-state index contributed by atoms with van der Waals surface area (Å²) >= 11 is 0. The second-order valence-electron chi connectivity index (χ2n) is 5.66. The summed E-state index contributed by atoms with van der Waals surface area (Å²) in [5.41, 5.74) is -0.653. The fraction of sp³-hybridized carbons (Fsp3) is 0.714. The van der Waals surface area contributed by atoms with Gasteiger partial charge in [-0.1, -0.05) is 0 Å². The highest BCUT2D eigenvalue weighted by atomic mass is 16.6. The van der Waals surface area contributed by atoms with Gasteiger partial charge in [0.25, 0.3) is 0 Å². The van der Waals surface area contributed by atoms with Gasteiger partial charge in [0.1, 0.15) is 11.6 Å². The fourth-order valence-corrected chi connectivity index (χ4v) is 1.50. The summed E-state index contributed by atoms with van der Waals surface area (Å²) in [6.45, 7) is 5.11. The minimum absolute atomic E-state index is 0.0891. The molecule has 0 heterocycles. The van der Waals surface area contributed by atoms with Crippen molar-refractivity contribution in [1.82, 2.24) is 5.32 Å². The van der Waals surface area contributed by atoms with E-state index in [0.29, 0.717) is 0 Å². The summed E-state index contributed by atoms with van der Waals surface area (Å²) in [5, 5.41) is 11.3. The molecule has 0 saturated carbocycles. The molecule has 0 aromatic heterocycles. The molecule has 126 valence electrons. The predicted molar refractivity (Wildman–Crippen MR) is 75.9 cm³/mol. The van der Waals surface area contributed by atoms with Gasteiger partial charge in [0.05, 0.1) is 13.5 Å². The number of hydrogen-bond acceptors (Lipinski definition) is 6. The number of esters is 2. The van der Waals surface area contributed by atoms with Crippen LogP contribution in [0.1, 0.15) is 46.5 Å². The third kappa shape index (κ3) is 9.73. The molecule has 8 nitrogen and oxygen atoms in total. The molecule has 0 aliphatic carbocycles. The molecule has 0 aromatic rings. The first-order valence-electron chi connectivity index (χ1n) is 6.86. The lowest BCUT2D eigenvalue weighted by Crippen LogP contribution is -2.41. The van der Waals surface area contributed by atoms with Crippen LogP contribution >= 0.6 is 0 Å². The van der Waals surface area contributed by atoms with Crippen LogP contribution in [0.3, 0.4) is 0 Å². The van der Waals surface area contributed by atoms with Crippen molar-refractivity contribution >= 4 is 23.8 Å². The molecule has 1 amide bonds. The molecular formula is C14H23NO7. The number of hydrogen-bond donors (Lipinski definition) is 2. The van der Waals surface area contributed by atoms with Crippen LogP contribution in [0.25, 0.3) is 0 Å². The van der Waals surface area contributed by atoms with Gasteiger partial charge in [-0.3, -0.25) is 14.4 Å². The Morgan fingerprint density at radius 1 is 1.05 bits per heavy atom. The van der Waals surface area contributed by atoms with E-state index in [0.717, 1.165) is 0 Å². The topological polar surface area (TPSA) is 119 Å². The standard InChI is InChI=1S/C14H23NO7/c1-14(2,3)22-12(18)7-5-9(13(19)20)15-10(16)6-8-11(17)21-4/h9H,5-8H2,1-4H3,(H,15,16)(H,19,20). The quantitative estimate of drug-likeness (QED) is 0.630. The smallest absolute Gasteiger partial charge is 0.326 e. The number of carboxylic acid groups (broad SMARTS) is 1. The first-order chi connectivity index (χ1) is 10.0. The molecular weight excluding hydrogens is 294 g/mol. The van der Waals surface area contributed by atoms with Crippen molar-refractivity contribution in [2.45, 2.75) is 58.1 Å². The number of ether oxygens (including phenoxy) is 2. The zero-order chi connectivity index (χ0) is 17.3. The Bertz CT molecular complexity index is 425. The van der Waals surface area contributed by atoms with E-state index in [-0.39, 0.29) is 25.7 Å². The summed E-state index contributed by atoms with van der Waals surface area (Å²) in [6, 6.07) is -1.21. The molecule has 2 N–H and O–H groups in total. The van der Waals surface area contributed by atoms with Gasteiger partial charge in [0, 0.05) is 12.8 Å². The average Bonchev–Trinajstić information content (AvgIpc) is 2.38. The molecule has 22 heavy (non-hydrogen) atoms. The number of carboxylic acids is 1. The summed E-state index contributed by atoms with van der Waals surface area (Å²) in [4.78, 5) is 45.1. The van der Waals surface area contributed by atoms with E-state index in [1.165, 1.54) is 7.11 Å². The Labute approximate surface area is 129 Å². The maximum Gasteiger partial charge on any atom is 0.326 e. The molecule has 0 saturated heterocycles. The number of carbonyl (C=O) groups excluding carboxylic acids is 3. The summed E-state index contributed by atoms with van der Waals surface area (Å²) in [7, 11) is 1.20. The van der Waals surface area contributed by atoms with E-state index < -0.39 is 35.5 Å². The summed E-state index contributed by atoms with van der Waals surface area (Å²) in [5.74, 6) is -2.95. The van der Waals surface area contributed by atoms with Gasteiger partial charge < -0.3 is 19.9 Å². The third-order valence-corrected chi connectivity index (χ3v) is 2.47. The van der Waals surface area contributed by atoms with Gasteiger partial charge in [-0.2, -0.15) is 0 Å². The van der Waals surface area contributed by atoms with Gasteiger partial charge in [-0.25, -0.2) is 4.79 Å². The predicted octanol–water partition coefficient (Wildman–Crippen LogP) is 0.631. The van der Waals surface area contributed by atoms with Crippen LogP contribution in [-0.2, 0) is 28.7 Å². The molecule has 0 rings (SSSR count). The molecule has 0 spiro atoms. The normalized spacial score (nSPS) is 12.2. The van der Waals surface area contributed by atoms with Gasteiger partial charge >= 0.3 is 17.9 Å². The van der Waals surface area contributed by atoms with Crippen molar-refractivity contribution in [3.05, 3.63) is 0 Å². The second kappa shape index (κ2) is 9.01. The van der Waals surface area contributed by atoms with Crippen molar-refractivity contribution in [3.63, 3.8) is 0 Å². The Morgan fingerprint density at radius 3 is 2.09 bits per heavy atom. The van der Waals surface area contributed by atoms with Gasteiger partial charge in [0.15, 0.2) is 0 Å². The number of nitrogens with one attached hydrogen (secondary N) is 1. The minimum Gasteiger partial charge on any atom is -0.480 e. The Kier molecular flexibility index (Phi) is 8.14. The molecule has 0 aliphatic heterocycles. The van der Waals surface area contributed by atoms with E-state index in [4.69, 9.17) is 9.84 Å². The molecule has 0 radical (unpaired) electrons. The number of carbonyl (C=O) groups is 4. The monoisotopic (exact) mass is 317 g/mol. The highest BCUT2D eigenvalue weighted by Crippen LogP contribution is 2.10. The average molecular weight is 317 g/mol. The molecule has 1 unspecified atom stereocenters. The Hall–Kier alpha value is -2.12. The largest absolute Gasteiger partial charge is 0.480 e. The first kappa shape index (κ1) is 19.9. The zero-order valence-corrected chi connectivity index (χ0v) is 13.3. The Balaban J connectivity index is 4.32. The SMILES string of the molecule is COC(=O)CCC(=O)NC(CCC(=O)OC(C)(C)C)C(=O)O. The van der Waals surface area contributed by atoms with Crippen LogP contribution in [0.5, 0.6) is 0 Å². The lowest BCUT2D eigenvalue weighted by atomic mass is 10.1. The molecule has 0 fully saturated rings. The van der Waals surface area contributed by atoms with Crippen LogP contribution < -0.4 is 5.32 Å². The molecule has 0 aromatic carbocycles. The maximum atomic E-state index is 11.6. The highest BCUT2D eigenvalue weighted by molar-refractivity contribution is 5.86. The molecule has 8 heteroatoms. The van der Waals surface area contributed by atoms with Crippen molar-refractivity contribution in [2.75, 3.05) is 7.11 Å². The van der Waals surface area contributed by atoms with Crippen molar-refractivity contribution in [3.8, 4) is 0 Å². The maximum absolute atomic E-state index is 11.6. The van der Waals surface area contributed by atoms with Gasteiger partial charge in [-0.05, 0) is 27.2 Å². The summed E-state index contributed by atoms with van der Waals surface area (Å²) < 4.78 is 9.44. The zero-order valence-electron chi connectivity index (χ0n) is 13.3. The second-order valence-corrected chi connectivity index (χ2v) is 5.66. The molecule has 1 atom stereocenters. The minimum atomic E-state index is -1.25. The van der Waals surface area contributed by atoms with Crippen molar-refractivity contribution in [1.29, 1.82) is 0 Å². The van der Waals surface area contributed by atoms with Crippen LogP contribution in [-0.4, -0.2) is 47.7 Å². The van der Waals surface area contributed by atoms with Crippen LogP contribution in [0.4, 0.5) is 0 Å². The molecule has 0 aliphatic rings. The number of aliphatic carboxylic acids is 1. The van der Waals surface area contributed by atoms with E-state index in [9.17, 15) is 19.2 Å². The highest BCUT2D eigenvalue weighted by Gasteiger charge is 2.23. The lowest BCUT2D eigenvalue weighted by Gasteiger charge is -2.20. The van der Waals surface area contributed by atoms with E-state index >= 15 is 0 Å². The lowest BCUT2D eigenvalue weighted by molar-refractivity contribution is -0.155. The van der Waals surface area contributed by atoms with Crippen molar-refractivity contribution in [2.24, 2.45) is 0 Å². The van der Waals surface area contributed by atoms with E-state index in [2.05, 4.69) is 10.1 Å². The van der Waals surface area contributed by atoms with Gasteiger partial charge in [-0.15, -0.1) is 0 Å². The third-order valence-electron chi connectivity index (χ3n) is 2.47. The first-order valence-corrected chi connectivity index (χ1v) is 6.86. The number of amides is 1. The summed E-state index contributed by atoms with van der Waals surface area (Å²) in [6.07, 6.45) is -0.538. The van der Waals surface area contributed by atoms with Crippen molar-refractivity contribution < 1.29 is 33.8 Å². The molecule has 0 bridgehead atoms. The van der Waals surface area contributed by atoms with E-state index in [1.54, 1.807) is 20.8 Å². The van der Waals surface area contributed by atoms with Gasteiger partial charge in [0.2, 0.25) is 5.91 Å². The van der Waals surface area contributed by atoms with E-state index in [1.807, 2.05) is 0 Å². The fourth-order valence-electron chi connectivity index (χ4n) is 1.50. The van der Waals surface area contributed by atoms with Crippen LogP contribution in [0.15, 0.2) is 0 Å². The van der Waals surface area contributed by atoms with Crippen LogP contribution in [0.2, 0.25) is 0 Å².